The summed E-state index contributed by atoms with van der Waals surface area (Å²) in [6, 6.07) is 25.3. The Morgan fingerprint density at radius 2 is 0.791 bits per heavy atom. The van der Waals surface area contributed by atoms with E-state index < -0.39 is 0 Å². The summed E-state index contributed by atoms with van der Waals surface area (Å²) in [5, 5.41) is 6.48. The fourth-order valence-electron chi connectivity index (χ4n) is 5.71. The molecule has 2 amide bonds. The quantitative estimate of drug-likeness (QED) is 0.178. The highest BCUT2D eigenvalue weighted by molar-refractivity contribution is 5.94. The predicted molar refractivity (Wildman–Crippen MR) is 180 cm³/mol. The molecule has 0 fully saturated rings. The summed E-state index contributed by atoms with van der Waals surface area (Å²) in [5.41, 5.74) is 13.5. The van der Waals surface area contributed by atoms with Crippen LogP contribution < -0.4 is 10.6 Å². The molecule has 4 aromatic carbocycles. The molecule has 0 bridgehead atoms. The van der Waals surface area contributed by atoms with Crippen molar-refractivity contribution >= 4 is 23.2 Å². The van der Waals surface area contributed by atoms with Crippen molar-refractivity contribution in [2.75, 3.05) is 10.6 Å². The third-order valence-electron chi connectivity index (χ3n) is 8.15. The van der Waals surface area contributed by atoms with E-state index in [1.165, 1.54) is 22.3 Å². The molecule has 4 rings (SSSR count). The Labute approximate surface area is 257 Å². The van der Waals surface area contributed by atoms with Gasteiger partial charge in [0.1, 0.15) is 0 Å². The van der Waals surface area contributed by atoms with Crippen LogP contribution in [-0.4, -0.2) is 11.8 Å². The Bertz CT molecular complexity index is 1400. The molecule has 0 atom stereocenters. The van der Waals surface area contributed by atoms with E-state index in [0.717, 1.165) is 76.9 Å². The molecular weight excluding hydrogens is 528 g/mol. The first-order chi connectivity index (χ1) is 20.7. The molecule has 0 aromatic heterocycles. The average molecular weight is 575 g/mol. The number of nitrogens with one attached hydrogen (secondary N) is 2. The number of carbonyl (C=O) groups excluding carboxylic acids is 2. The van der Waals surface area contributed by atoms with E-state index in [2.05, 4.69) is 76.4 Å². The Morgan fingerprint density at radius 3 is 1.07 bits per heavy atom. The lowest BCUT2D eigenvalue weighted by molar-refractivity contribution is -0.116. The summed E-state index contributed by atoms with van der Waals surface area (Å²) < 4.78 is 0. The summed E-state index contributed by atoms with van der Waals surface area (Å²) >= 11 is 0. The Hall–Kier alpha value is -4.18. The SMILES string of the molecule is CCc1cc(Cc2cc(CC)c(NC(=O)Cc3ccc(C)cc3)c(CC)c2)cc(CC)c1NC(=O)Cc1ccc(C)cc1. The first kappa shape index (κ1) is 31.7. The molecule has 0 spiro atoms. The number of amides is 2. The summed E-state index contributed by atoms with van der Waals surface area (Å²) in [6.07, 6.45) is 4.89. The second kappa shape index (κ2) is 14.8. The van der Waals surface area contributed by atoms with Gasteiger partial charge in [-0.25, -0.2) is 0 Å². The lowest BCUT2D eigenvalue weighted by Gasteiger charge is -2.19. The van der Waals surface area contributed by atoms with Crippen LogP contribution in [0.3, 0.4) is 0 Å². The van der Waals surface area contributed by atoms with Gasteiger partial charge in [0.25, 0.3) is 0 Å². The van der Waals surface area contributed by atoms with Gasteiger partial charge in [-0.15, -0.1) is 0 Å². The standard InChI is InChI=1S/C39H46N2O2/c1-7-32-20-30(21-33(8-2)38(32)40-36(42)24-28-15-11-26(5)12-16-28)19-31-22-34(9-3)39(35(10-4)23-31)41-37(43)25-29-17-13-27(6)14-18-29/h11-18,20-23H,7-10,19,24-25H2,1-6H3,(H,40,42)(H,41,43). The average Bonchev–Trinajstić information content (AvgIpc) is 3.00. The summed E-state index contributed by atoms with van der Waals surface area (Å²) in [7, 11) is 0. The second-order valence-corrected chi connectivity index (χ2v) is 11.6. The van der Waals surface area contributed by atoms with E-state index in [-0.39, 0.29) is 11.8 Å². The minimum Gasteiger partial charge on any atom is -0.325 e. The molecule has 43 heavy (non-hydrogen) atoms. The molecule has 0 saturated heterocycles. The maximum atomic E-state index is 13.0. The largest absolute Gasteiger partial charge is 0.325 e. The van der Waals surface area contributed by atoms with Crippen molar-refractivity contribution in [1.29, 1.82) is 0 Å². The van der Waals surface area contributed by atoms with Crippen molar-refractivity contribution in [2.24, 2.45) is 0 Å². The van der Waals surface area contributed by atoms with E-state index >= 15 is 0 Å². The van der Waals surface area contributed by atoms with Crippen LogP contribution in [0.15, 0.2) is 72.8 Å². The summed E-state index contributed by atoms with van der Waals surface area (Å²) in [4.78, 5) is 26.0. The van der Waals surface area contributed by atoms with Gasteiger partial charge in [-0.1, -0.05) is 112 Å². The smallest absolute Gasteiger partial charge is 0.228 e. The van der Waals surface area contributed by atoms with Gasteiger partial charge in [0.15, 0.2) is 0 Å². The minimum absolute atomic E-state index is 0.0150. The monoisotopic (exact) mass is 574 g/mol. The van der Waals surface area contributed by atoms with Gasteiger partial charge in [0, 0.05) is 11.4 Å². The zero-order valence-corrected chi connectivity index (χ0v) is 26.7. The molecule has 4 nitrogen and oxygen atoms in total. The number of carbonyl (C=O) groups is 2. The third kappa shape index (κ3) is 8.44. The molecule has 2 N–H and O–H groups in total. The van der Waals surface area contributed by atoms with E-state index in [9.17, 15) is 9.59 Å². The van der Waals surface area contributed by atoms with Crippen LogP contribution in [0, 0.1) is 13.8 Å². The predicted octanol–water partition coefficient (Wildman–Crippen LogP) is 8.51. The summed E-state index contributed by atoms with van der Waals surface area (Å²) in [6.45, 7) is 12.7. The maximum absolute atomic E-state index is 13.0. The first-order valence-electron chi connectivity index (χ1n) is 15.7. The zero-order valence-electron chi connectivity index (χ0n) is 26.7. The van der Waals surface area contributed by atoms with Crippen molar-refractivity contribution in [3.63, 3.8) is 0 Å². The number of aryl methyl sites for hydroxylation is 6. The van der Waals surface area contributed by atoms with Gasteiger partial charge in [-0.2, -0.15) is 0 Å². The van der Waals surface area contributed by atoms with Crippen LogP contribution in [0.2, 0.25) is 0 Å². The van der Waals surface area contributed by atoms with Crippen LogP contribution in [0.4, 0.5) is 11.4 Å². The molecule has 0 saturated carbocycles. The van der Waals surface area contributed by atoms with E-state index in [4.69, 9.17) is 0 Å². The van der Waals surface area contributed by atoms with Crippen LogP contribution in [0.25, 0.3) is 0 Å². The van der Waals surface area contributed by atoms with E-state index in [0.29, 0.717) is 12.8 Å². The molecule has 4 aromatic rings. The number of hydrogen-bond donors (Lipinski definition) is 2. The lowest BCUT2D eigenvalue weighted by Crippen LogP contribution is -2.17. The maximum Gasteiger partial charge on any atom is 0.228 e. The fraction of sp³-hybridized carbons (Fsp3) is 0.333. The minimum atomic E-state index is 0.0150. The van der Waals surface area contributed by atoms with E-state index in [1.807, 2.05) is 48.5 Å². The van der Waals surface area contributed by atoms with Crippen molar-refractivity contribution in [3.8, 4) is 0 Å². The van der Waals surface area contributed by atoms with Gasteiger partial charge >= 0.3 is 0 Å². The summed E-state index contributed by atoms with van der Waals surface area (Å²) in [5.74, 6) is 0.0300. The number of hydrogen-bond acceptors (Lipinski definition) is 2. The molecule has 4 heteroatoms. The molecular formula is C39H46N2O2. The molecule has 0 unspecified atom stereocenters. The molecule has 0 radical (unpaired) electrons. The van der Waals surface area contributed by atoms with Gasteiger partial charge in [0.2, 0.25) is 11.8 Å². The van der Waals surface area contributed by atoms with Crippen molar-refractivity contribution in [3.05, 3.63) is 128 Å². The Kier molecular flexibility index (Phi) is 10.9. The molecule has 0 heterocycles. The normalized spacial score (nSPS) is 10.9. The van der Waals surface area contributed by atoms with Gasteiger partial charge in [-0.05, 0) is 90.5 Å². The zero-order chi connectivity index (χ0) is 30.9. The van der Waals surface area contributed by atoms with Crippen LogP contribution >= 0.6 is 0 Å². The number of anilines is 2. The van der Waals surface area contributed by atoms with Crippen molar-refractivity contribution in [2.45, 2.75) is 86.5 Å². The topological polar surface area (TPSA) is 58.2 Å². The number of benzene rings is 4. The fourth-order valence-corrected chi connectivity index (χ4v) is 5.71. The van der Waals surface area contributed by atoms with Crippen molar-refractivity contribution < 1.29 is 9.59 Å². The highest BCUT2D eigenvalue weighted by Crippen LogP contribution is 2.30. The number of rotatable bonds is 12. The highest BCUT2D eigenvalue weighted by atomic mass is 16.2. The molecule has 0 aliphatic carbocycles. The van der Waals surface area contributed by atoms with Crippen LogP contribution in [0.1, 0.15) is 83.3 Å². The molecule has 0 aliphatic rings. The van der Waals surface area contributed by atoms with Crippen LogP contribution in [-0.2, 0) is 54.5 Å². The first-order valence-corrected chi connectivity index (χ1v) is 15.7. The molecule has 224 valence electrons. The Morgan fingerprint density at radius 1 is 0.488 bits per heavy atom. The van der Waals surface area contributed by atoms with Gasteiger partial charge in [0.05, 0.1) is 12.8 Å². The third-order valence-corrected chi connectivity index (χ3v) is 8.15. The Balaban J connectivity index is 1.54. The second-order valence-electron chi connectivity index (χ2n) is 11.6. The highest BCUT2D eigenvalue weighted by Gasteiger charge is 2.16. The van der Waals surface area contributed by atoms with Crippen molar-refractivity contribution in [1.82, 2.24) is 0 Å². The van der Waals surface area contributed by atoms with Crippen LogP contribution in [0.5, 0.6) is 0 Å². The van der Waals surface area contributed by atoms with Gasteiger partial charge < -0.3 is 10.6 Å². The molecule has 0 aliphatic heterocycles. The van der Waals surface area contributed by atoms with Gasteiger partial charge in [-0.3, -0.25) is 9.59 Å². The van der Waals surface area contributed by atoms with E-state index in [1.54, 1.807) is 0 Å². The lowest BCUT2D eigenvalue weighted by atomic mass is 9.92.